The quantitative estimate of drug-likeness (QED) is 0.662. The van der Waals surface area contributed by atoms with Crippen molar-refractivity contribution in [1.82, 2.24) is 4.57 Å². The lowest BCUT2D eigenvalue weighted by molar-refractivity contribution is 0.0971. The Morgan fingerprint density at radius 1 is 1.07 bits per heavy atom. The van der Waals surface area contributed by atoms with Crippen LogP contribution in [0.2, 0.25) is 5.02 Å². The number of nitrogens with one attached hydrogen (secondary N) is 1. The molecule has 1 heterocycles. The molecule has 0 aliphatic heterocycles. The molecule has 5 nitrogen and oxygen atoms in total. The average molecular weight is 425 g/mol. The van der Waals surface area contributed by atoms with Gasteiger partial charge in [0.2, 0.25) is 0 Å². The van der Waals surface area contributed by atoms with E-state index in [-0.39, 0.29) is 11.3 Å². The first-order valence-corrected chi connectivity index (χ1v) is 9.88. The lowest BCUT2D eigenvalue weighted by Crippen LogP contribution is -2.33. The summed E-state index contributed by atoms with van der Waals surface area (Å²) in [6.07, 6.45) is 1.48. The van der Waals surface area contributed by atoms with Crippen molar-refractivity contribution in [2.24, 2.45) is 0 Å². The van der Waals surface area contributed by atoms with Gasteiger partial charge in [0.15, 0.2) is 5.78 Å². The van der Waals surface area contributed by atoms with Gasteiger partial charge in [0.25, 0.3) is 11.5 Å². The smallest absolute Gasteiger partial charge is 0.268 e. The predicted octanol–water partition coefficient (Wildman–Crippen LogP) is 4.71. The Morgan fingerprint density at radius 2 is 1.80 bits per heavy atom. The Hall–Kier alpha value is -3.25. The van der Waals surface area contributed by atoms with Crippen LogP contribution in [0.1, 0.15) is 44.8 Å². The minimum atomic E-state index is -0.642. The third-order valence-electron chi connectivity index (χ3n) is 5.18. The van der Waals surface area contributed by atoms with Gasteiger partial charge in [-0.2, -0.15) is 0 Å². The molecule has 1 aliphatic rings. The van der Waals surface area contributed by atoms with Gasteiger partial charge in [-0.1, -0.05) is 17.7 Å². The maximum absolute atomic E-state index is 13.4. The van der Waals surface area contributed by atoms with Crippen LogP contribution in [0, 0.1) is 12.7 Å². The number of hydrogen-bond donors (Lipinski definition) is 1. The molecule has 1 N–H and O–H groups in total. The van der Waals surface area contributed by atoms with E-state index in [1.54, 1.807) is 18.2 Å². The number of carbonyl (C=O) groups excluding carboxylic acids is 2. The maximum Gasteiger partial charge on any atom is 0.268 e. The standard InChI is InChI=1S/C23H18ClFN2O3/c1-13-5-8-15(11-19(13)24)26-22(29)18-12-17-20(3-2-4-21(17)28)27(23(18)30)16-9-6-14(25)7-10-16/h5-12H,2-4H2,1H3,(H,26,29). The van der Waals surface area contributed by atoms with Crippen molar-refractivity contribution in [2.75, 3.05) is 5.32 Å². The highest BCUT2D eigenvalue weighted by atomic mass is 35.5. The summed E-state index contributed by atoms with van der Waals surface area (Å²) < 4.78 is 14.7. The number of hydrogen-bond acceptors (Lipinski definition) is 3. The van der Waals surface area contributed by atoms with Crippen molar-refractivity contribution in [3.05, 3.63) is 92.1 Å². The molecule has 7 heteroatoms. The number of ketones is 1. The van der Waals surface area contributed by atoms with E-state index in [1.807, 2.05) is 6.92 Å². The first-order chi connectivity index (χ1) is 14.3. The zero-order valence-electron chi connectivity index (χ0n) is 16.2. The van der Waals surface area contributed by atoms with E-state index in [9.17, 15) is 18.8 Å². The zero-order valence-corrected chi connectivity index (χ0v) is 16.9. The van der Waals surface area contributed by atoms with Crippen LogP contribution in [0.15, 0.2) is 53.3 Å². The number of fused-ring (bicyclic) bond motifs is 1. The number of nitrogens with zero attached hydrogens (tertiary/aromatic N) is 1. The summed E-state index contributed by atoms with van der Waals surface area (Å²) in [5, 5.41) is 3.15. The molecule has 1 amide bonds. The molecule has 0 saturated heterocycles. The molecule has 0 fully saturated rings. The van der Waals surface area contributed by atoms with Crippen molar-refractivity contribution in [2.45, 2.75) is 26.2 Å². The highest BCUT2D eigenvalue weighted by Crippen LogP contribution is 2.25. The molecule has 0 atom stereocenters. The number of aryl methyl sites for hydroxylation is 1. The van der Waals surface area contributed by atoms with E-state index in [0.29, 0.717) is 46.9 Å². The molecule has 2 aromatic carbocycles. The molecule has 0 bridgehead atoms. The summed E-state index contributed by atoms with van der Waals surface area (Å²) in [6, 6.07) is 11.8. The number of halogens is 2. The van der Waals surface area contributed by atoms with E-state index in [0.717, 1.165) is 5.56 Å². The molecular formula is C23H18ClFN2O3. The minimum absolute atomic E-state index is 0.125. The van der Waals surface area contributed by atoms with Crippen molar-refractivity contribution >= 4 is 29.0 Å². The fourth-order valence-corrected chi connectivity index (χ4v) is 3.77. The topological polar surface area (TPSA) is 68.2 Å². The molecule has 0 saturated carbocycles. The van der Waals surface area contributed by atoms with Crippen molar-refractivity contribution in [1.29, 1.82) is 0 Å². The van der Waals surface area contributed by atoms with Gasteiger partial charge in [-0.25, -0.2) is 4.39 Å². The van der Waals surface area contributed by atoms with Gasteiger partial charge in [0.05, 0.1) is 0 Å². The Labute approximate surface area is 177 Å². The molecule has 1 aliphatic carbocycles. The van der Waals surface area contributed by atoms with Crippen LogP contribution in [0.25, 0.3) is 5.69 Å². The summed E-state index contributed by atoms with van der Waals surface area (Å²) in [6.45, 7) is 1.84. The van der Waals surface area contributed by atoms with E-state index in [2.05, 4.69) is 5.32 Å². The van der Waals surface area contributed by atoms with Crippen LogP contribution >= 0.6 is 11.6 Å². The number of aromatic nitrogens is 1. The molecule has 0 radical (unpaired) electrons. The van der Waals surface area contributed by atoms with Crippen LogP contribution < -0.4 is 10.9 Å². The lowest BCUT2D eigenvalue weighted by atomic mass is 9.92. The number of amides is 1. The minimum Gasteiger partial charge on any atom is -0.322 e. The lowest BCUT2D eigenvalue weighted by Gasteiger charge is -2.21. The second-order valence-corrected chi connectivity index (χ2v) is 7.64. The Bertz CT molecular complexity index is 1230. The van der Waals surface area contributed by atoms with Crippen LogP contribution in [-0.2, 0) is 6.42 Å². The fourth-order valence-electron chi connectivity index (χ4n) is 3.59. The van der Waals surface area contributed by atoms with E-state index < -0.39 is 17.3 Å². The Kier molecular flexibility index (Phi) is 5.26. The maximum atomic E-state index is 13.4. The Morgan fingerprint density at radius 3 is 2.50 bits per heavy atom. The van der Waals surface area contributed by atoms with Crippen molar-refractivity contribution < 1.29 is 14.0 Å². The van der Waals surface area contributed by atoms with E-state index >= 15 is 0 Å². The summed E-state index contributed by atoms with van der Waals surface area (Å²) in [5.41, 5.74) is 1.85. The van der Waals surface area contributed by atoms with Crippen LogP contribution in [-0.4, -0.2) is 16.3 Å². The Balaban J connectivity index is 1.84. The van der Waals surface area contributed by atoms with Gasteiger partial charge in [-0.15, -0.1) is 0 Å². The summed E-state index contributed by atoms with van der Waals surface area (Å²) in [4.78, 5) is 38.7. The molecule has 0 unspecified atom stereocenters. The zero-order chi connectivity index (χ0) is 21.4. The molecule has 3 aromatic rings. The third kappa shape index (κ3) is 3.66. The molecule has 4 rings (SSSR count). The monoisotopic (exact) mass is 424 g/mol. The third-order valence-corrected chi connectivity index (χ3v) is 5.59. The normalized spacial score (nSPS) is 13.1. The molecular weight excluding hydrogens is 407 g/mol. The van der Waals surface area contributed by atoms with Gasteiger partial charge < -0.3 is 5.32 Å². The number of anilines is 1. The van der Waals surface area contributed by atoms with Gasteiger partial charge in [-0.3, -0.25) is 19.0 Å². The predicted molar refractivity (Wildman–Crippen MR) is 113 cm³/mol. The summed E-state index contributed by atoms with van der Waals surface area (Å²) in [5.74, 6) is -1.21. The first kappa shape index (κ1) is 20.0. The molecule has 0 spiro atoms. The van der Waals surface area contributed by atoms with Gasteiger partial charge in [0, 0.05) is 34.1 Å². The highest BCUT2D eigenvalue weighted by molar-refractivity contribution is 6.31. The van der Waals surface area contributed by atoms with Crippen molar-refractivity contribution in [3.63, 3.8) is 0 Å². The second-order valence-electron chi connectivity index (χ2n) is 7.23. The van der Waals surface area contributed by atoms with Crippen molar-refractivity contribution in [3.8, 4) is 5.69 Å². The van der Waals surface area contributed by atoms with E-state index in [4.69, 9.17) is 11.6 Å². The summed E-state index contributed by atoms with van der Waals surface area (Å²) >= 11 is 6.11. The largest absolute Gasteiger partial charge is 0.322 e. The van der Waals surface area contributed by atoms with Gasteiger partial charge in [-0.05, 0) is 67.8 Å². The molecule has 1 aromatic heterocycles. The first-order valence-electron chi connectivity index (χ1n) is 9.51. The SMILES string of the molecule is Cc1ccc(NC(=O)c2cc3c(n(-c4ccc(F)cc4)c2=O)CCCC3=O)cc1Cl. The number of Topliss-reactive ketones (excluding diaryl/α,β-unsaturated/α-hetero) is 1. The highest BCUT2D eigenvalue weighted by Gasteiger charge is 2.26. The average Bonchev–Trinajstić information content (AvgIpc) is 2.71. The van der Waals surface area contributed by atoms with Crippen LogP contribution in [0.3, 0.4) is 0 Å². The second kappa shape index (κ2) is 7.88. The van der Waals surface area contributed by atoms with Gasteiger partial charge >= 0.3 is 0 Å². The molecule has 30 heavy (non-hydrogen) atoms. The number of carbonyl (C=O) groups is 2. The van der Waals surface area contributed by atoms with Crippen LogP contribution in [0.5, 0.6) is 0 Å². The number of pyridine rings is 1. The van der Waals surface area contributed by atoms with Gasteiger partial charge in [0.1, 0.15) is 11.4 Å². The fraction of sp³-hybridized carbons (Fsp3) is 0.174. The molecule has 152 valence electrons. The van der Waals surface area contributed by atoms with E-state index in [1.165, 1.54) is 34.9 Å². The number of benzene rings is 2. The van der Waals surface area contributed by atoms with Crippen LogP contribution in [0.4, 0.5) is 10.1 Å². The summed E-state index contributed by atoms with van der Waals surface area (Å²) in [7, 11) is 0. The number of rotatable bonds is 3.